The maximum atomic E-state index is 12.2. The molecule has 0 aliphatic carbocycles. The molecule has 0 saturated carbocycles. The molecule has 1 saturated heterocycles. The van der Waals surface area contributed by atoms with Crippen LogP contribution in [0.5, 0.6) is 0 Å². The van der Waals surface area contributed by atoms with Gasteiger partial charge in [-0.25, -0.2) is 4.79 Å². The lowest BCUT2D eigenvalue weighted by atomic mass is 10.0. The van der Waals surface area contributed by atoms with Crippen molar-refractivity contribution in [3.8, 4) is 0 Å². The minimum absolute atomic E-state index is 0.179. The highest BCUT2D eigenvalue weighted by Gasteiger charge is 2.46. The normalized spacial score (nSPS) is 16.4. The largest absolute Gasteiger partial charge is 0.325 e. The second-order valence-corrected chi connectivity index (χ2v) is 5.93. The van der Waals surface area contributed by atoms with Gasteiger partial charge < -0.3 is 15.5 Å². The number of benzene rings is 1. The fourth-order valence-corrected chi connectivity index (χ4v) is 2.34. The average Bonchev–Trinajstić information content (AvgIpc) is 2.68. The van der Waals surface area contributed by atoms with Crippen LogP contribution >= 0.6 is 0 Å². The van der Waals surface area contributed by atoms with Gasteiger partial charge in [0.15, 0.2) is 0 Å². The lowest BCUT2D eigenvalue weighted by Gasteiger charge is -2.27. The number of carbonyl (C=O) groups excluding carboxylic acids is 3. The first kappa shape index (κ1) is 17.0. The number of carbonyl (C=O) groups is 3. The van der Waals surface area contributed by atoms with Crippen LogP contribution in [-0.2, 0) is 16.1 Å². The highest BCUT2D eigenvalue weighted by molar-refractivity contribution is 6.08. The summed E-state index contributed by atoms with van der Waals surface area (Å²) < 4.78 is 0. The zero-order valence-electron chi connectivity index (χ0n) is 13.6. The summed E-state index contributed by atoms with van der Waals surface area (Å²) in [6.45, 7) is 6.65. The van der Waals surface area contributed by atoms with Gasteiger partial charge >= 0.3 is 6.03 Å². The first-order valence-corrected chi connectivity index (χ1v) is 7.57. The minimum atomic E-state index is -1.03. The van der Waals surface area contributed by atoms with E-state index < -0.39 is 17.5 Å². The van der Waals surface area contributed by atoms with Gasteiger partial charge in [0.05, 0.1) is 0 Å². The first-order valence-electron chi connectivity index (χ1n) is 7.57. The standard InChI is InChI=1S/C16H22N4O3/c1-4-17-9-11-6-5-7-12(8-11)18-13(21)10-20-15(23)19-14(22)16(20,2)3/h5-8,17H,4,9-10H2,1-3H3,(H,18,21)(H,19,22,23). The van der Waals surface area contributed by atoms with E-state index in [0.717, 1.165) is 18.7 Å². The first-order chi connectivity index (χ1) is 10.8. The van der Waals surface area contributed by atoms with Crippen molar-refractivity contribution in [3.63, 3.8) is 0 Å². The molecule has 23 heavy (non-hydrogen) atoms. The van der Waals surface area contributed by atoms with Gasteiger partial charge in [-0.05, 0) is 38.1 Å². The number of nitrogens with zero attached hydrogens (tertiary/aromatic N) is 1. The second-order valence-electron chi connectivity index (χ2n) is 5.93. The molecule has 7 nitrogen and oxygen atoms in total. The van der Waals surface area contributed by atoms with Gasteiger partial charge in [0, 0.05) is 12.2 Å². The minimum Gasteiger partial charge on any atom is -0.325 e. The Kier molecular flexibility index (Phi) is 5.00. The van der Waals surface area contributed by atoms with Crippen molar-refractivity contribution in [1.29, 1.82) is 0 Å². The molecular weight excluding hydrogens is 296 g/mol. The van der Waals surface area contributed by atoms with Crippen molar-refractivity contribution in [2.45, 2.75) is 32.9 Å². The molecule has 7 heteroatoms. The summed E-state index contributed by atoms with van der Waals surface area (Å²) >= 11 is 0. The van der Waals surface area contributed by atoms with Crippen LogP contribution in [0.3, 0.4) is 0 Å². The predicted molar refractivity (Wildman–Crippen MR) is 86.8 cm³/mol. The van der Waals surface area contributed by atoms with E-state index in [-0.39, 0.29) is 12.5 Å². The van der Waals surface area contributed by atoms with Crippen LogP contribution in [0.2, 0.25) is 0 Å². The molecule has 3 N–H and O–H groups in total. The van der Waals surface area contributed by atoms with E-state index in [9.17, 15) is 14.4 Å². The molecule has 1 aromatic rings. The molecular formula is C16H22N4O3. The van der Waals surface area contributed by atoms with Crippen molar-refractivity contribution < 1.29 is 14.4 Å². The molecule has 0 radical (unpaired) electrons. The van der Waals surface area contributed by atoms with Crippen molar-refractivity contribution in [3.05, 3.63) is 29.8 Å². The van der Waals surface area contributed by atoms with Crippen LogP contribution in [0.4, 0.5) is 10.5 Å². The van der Waals surface area contributed by atoms with Gasteiger partial charge in [0.2, 0.25) is 5.91 Å². The van der Waals surface area contributed by atoms with Crippen LogP contribution < -0.4 is 16.0 Å². The van der Waals surface area contributed by atoms with E-state index in [1.165, 1.54) is 4.90 Å². The van der Waals surface area contributed by atoms with Gasteiger partial charge in [0.25, 0.3) is 5.91 Å². The van der Waals surface area contributed by atoms with Crippen LogP contribution in [0.1, 0.15) is 26.3 Å². The average molecular weight is 318 g/mol. The molecule has 0 unspecified atom stereocenters. The van der Waals surface area contributed by atoms with Gasteiger partial charge in [-0.15, -0.1) is 0 Å². The molecule has 2 rings (SSSR count). The Morgan fingerprint density at radius 2 is 2.04 bits per heavy atom. The number of rotatable bonds is 6. The number of anilines is 1. The summed E-state index contributed by atoms with van der Waals surface area (Å²) in [6, 6.07) is 6.94. The summed E-state index contributed by atoms with van der Waals surface area (Å²) in [5.74, 6) is -0.744. The topological polar surface area (TPSA) is 90.5 Å². The maximum absolute atomic E-state index is 12.2. The summed E-state index contributed by atoms with van der Waals surface area (Å²) in [5, 5.41) is 8.19. The van der Waals surface area contributed by atoms with Crippen molar-refractivity contribution in [2.75, 3.05) is 18.4 Å². The van der Waals surface area contributed by atoms with Crippen molar-refractivity contribution in [1.82, 2.24) is 15.5 Å². The molecule has 1 aliphatic heterocycles. The van der Waals surface area contributed by atoms with Crippen LogP contribution in [0.25, 0.3) is 0 Å². The Morgan fingerprint density at radius 3 is 2.65 bits per heavy atom. The van der Waals surface area contributed by atoms with Crippen LogP contribution in [0.15, 0.2) is 24.3 Å². The Bertz CT molecular complexity index is 628. The fraction of sp³-hybridized carbons (Fsp3) is 0.438. The van der Waals surface area contributed by atoms with Crippen molar-refractivity contribution in [2.24, 2.45) is 0 Å². The van der Waals surface area contributed by atoms with E-state index in [1.807, 2.05) is 25.1 Å². The molecule has 1 fully saturated rings. The fourth-order valence-electron chi connectivity index (χ4n) is 2.34. The third kappa shape index (κ3) is 3.87. The zero-order valence-corrected chi connectivity index (χ0v) is 13.6. The van der Waals surface area contributed by atoms with Crippen LogP contribution in [-0.4, -0.2) is 41.4 Å². The summed E-state index contributed by atoms with van der Waals surface area (Å²) in [6.07, 6.45) is 0. The predicted octanol–water partition coefficient (Wildman–Crippen LogP) is 1.06. The molecule has 1 aromatic carbocycles. The van der Waals surface area contributed by atoms with Crippen molar-refractivity contribution >= 4 is 23.5 Å². The third-order valence-corrected chi connectivity index (χ3v) is 3.79. The molecule has 4 amide bonds. The number of amides is 4. The Morgan fingerprint density at radius 1 is 1.30 bits per heavy atom. The zero-order chi connectivity index (χ0) is 17.0. The third-order valence-electron chi connectivity index (χ3n) is 3.79. The van der Waals surface area contributed by atoms with Gasteiger partial charge in [-0.2, -0.15) is 0 Å². The number of hydrogen-bond acceptors (Lipinski definition) is 4. The summed E-state index contributed by atoms with van der Waals surface area (Å²) in [5.41, 5.74) is 0.689. The van der Waals surface area contributed by atoms with Gasteiger partial charge in [-0.1, -0.05) is 19.1 Å². The Labute approximate surface area is 135 Å². The molecule has 0 aromatic heterocycles. The highest BCUT2D eigenvalue weighted by Crippen LogP contribution is 2.20. The maximum Gasteiger partial charge on any atom is 0.325 e. The highest BCUT2D eigenvalue weighted by atomic mass is 16.2. The van der Waals surface area contributed by atoms with E-state index in [0.29, 0.717) is 5.69 Å². The summed E-state index contributed by atoms with van der Waals surface area (Å²) in [7, 11) is 0. The van der Waals surface area contributed by atoms with E-state index >= 15 is 0 Å². The quantitative estimate of drug-likeness (QED) is 0.684. The Balaban J connectivity index is 2.00. The lowest BCUT2D eigenvalue weighted by Crippen LogP contribution is -2.47. The lowest BCUT2D eigenvalue weighted by molar-refractivity contribution is -0.126. The van der Waals surface area contributed by atoms with Gasteiger partial charge in [-0.3, -0.25) is 14.9 Å². The Hall–Kier alpha value is -2.41. The number of urea groups is 1. The monoisotopic (exact) mass is 318 g/mol. The summed E-state index contributed by atoms with van der Waals surface area (Å²) in [4.78, 5) is 36.9. The van der Waals surface area contributed by atoms with E-state index in [4.69, 9.17) is 0 Å². The van der Waals surface area contributed by atoms with E-state index in [1.54, 1.807) is 19.9 Å². The SMILES string of the molecule is CCNCc1cccc(NC(=O)CN2C(=O)NC(=O)C2(C)C)c1. The molecule has 0 atom stereocenters. The molecule has 0 bridgehead atoms. The van der Waals surface area contributed by atoms with E-state index in [2.05, 4.69) is 16.0 Å². The number of imide groups is 1. The smallest absolute Gasteiger partial charge is 0.325 e. The molecule has 1 heterocycles. The van der Waals surface area contributed by atoms with Crippen LogP contribution in [0, 0.1) is 0 Å². The molecule has 124 valence electrons. The molecule has 1 aliphatic rings. The number of nitrogens with one attached hydrogen (secondary N) is 3. The second kappa shape index (κ2) is 6.78. The molecule has 0 spiro atoms. The van der Waals surface area contributed by atoms with Gasteiger partial charge in [0.1, 0.15) is 12.1 Å². The number of hydrogen-bond donors (Lipinski definition) is 3.